The Bertz CT molecular complexity index is 593. The van der Waals surface area contributed by atoms with Gasteiger partial charge in [-0.2, -0.15) is 0 Å². The van der Waals surface area contributed by atoms with Crippen LogP contribution in [0.3, 0.4) is 0 Å². The third-order valence-electron chi connectivity index (χ3n) is 3.94. The maximum atomic E-state index is 12.7. The maximum Gasteiger partial charge on any atom is 0.254 e. The Kier molecular flexibility index (Phi) is 4.69. The summed E-state index contributed by atoms with van der Waals surface area (Å²) in [5.74, 6) is 6.01. The molecule has 0 unspecified atom stereocenters. The zero-order valence-electron chi connectivity index (χ0n) is 13.1. The maximum absolute atomic E-state index is 12.7. The molecule has 1 aromatic carbocycles. The van der Waals surface area contributed by atoms with E-state index in [2.05, 4.69) is 25.7 Å². The van der Waals surface area contributed by atoms with Crippen LogP contribution in [-0.2, 0) is 0 Å². The lowest BCUT2D eigenvalue weighted by molar-refractivity contribution is 0.0652. The minimum Gasteiger partial charge on any atom is -0.395 e. The number of aliphatic hydroxyl groups is 1. The lowest BCUT2D eigenvalue weighted by atomic mass is 10.00. The molecular weight excluding hydrogens is 262 g/mol. The van der Waals surface area contributed by atoms with Crippen LogP contribution < -0.4 is 0 Å². The van der Waals surface area contributed by atoms with Gasteiger partial charge in [-0.05, 0) is 57.4 Å². The van der Waals surface area contributed by atoms with E-state index in [1.54, 1.807) is 0 Å². The largest absolute Gasteiger partial charge is 0.395 e. The van der Waals surface area contributed by atoms with Gasteiger partial charge in [0.05, 0.1) is 6.61 Å². The Morgan fingerprint density at radius 3 is 2.76 bits per heavy atom. The number of carbonyl (C=O) groups excluding carboxylic acids is 1. The van der Waals surface area contributed by atoms with E-state index >= 15 is 0 Å². The van der Waals surface area contributed by atoms with E-state index < -0.39 is 0 Å². The molecule has 21 heavy (non-hydrogen) atoms. The molecule has 1 amide bonds. The van der Waals surface area contributed by atoms with Crippen molar-refractivity contribution in [1.29, 1.82) is 0 Å². The van der Waals surface area contributed by atoms with E-state index in [9.17, 15) is 4.79 Å². The molecule has 1 N–H and O–H groups in total. The highest BCUT2D eigenvalue weighted by atomic mass is 16.2. The molecule has 0 atom stereocenters. The van der Waals surface area contributed by atoms with Gasteiger partial charge in [0.15, 0.2) is 0 Å². The first-order valence-electron chi connectivity index (χ1n) is 7.47. The van der Waals surface area contributed by atoms with Crippen LogP contribution in [0, 0.1) is 18.8 Å². The van der Waals surface area contributed by atoms with E-state index in [0.29, 0.717) is 12.0 Å². The average Bonchev–Trinajstić information content (AvgIpc) is 2.77. The van der Waals surface area contributed by atoms with Gasteiger partial charge >= 0.3 is 0 Å². The summed E-state index contributed by atoms with van der Waals surface area (Å²) in [4.78, 5) is 14.7. The van der Waals surface area contributed by atoms with Gasteiger partial charge < -0.3 is 10.0 Å². The Balaban J connectivity index is 2.28. The van der Waals surface area contributed by atoms with Crippen molar-refractivity contribution >= 4 is 5.91 Å². The molecule has 2 rings (SSSR count). The zero-order valence-corrected chi connectivity index (χ0v) is 13.1. The van der Waals surface area contributed by atoms with Crippen LogP contribution in [-0.4, -0.2) is 34.6 Å². The van der Waals surface area contributed by atoms with E-state index in [4.69, 9.17) is 5.11 Å². The number of amides is 1. The molecule has 3 heteroatoms. The van der Waals surface area contributed by atoms with Crippen molar-refractivity contribution in [2.45, 2.75) is 45.6 Å². The fraction of sp³-hybridized carbons (Fsp3) is 0.500. The molecule has 112 valence electrons. The summed E-state index contributed by atoms with van der Waals surface area (Å²) in [5, 5.41) is 8.78. The van der Waals surface area contributed by atoms with Crippen LogP contribution in [0.25, 0.3) is 0 Å². The zero-order chi connectivity index (χ0) is 15.5. The van der Waals surface area contributed by atoms with E-state index in [1.807, 2.05) is 30.0 Å². The van der Waals surface area contributed by atoms with Crippen LogP contribution in [0.2, 0.25) is 0 Å². The molecule has 1 fully saturated rings. The summed E-state index contributed by atoms with van der Waals surface area (Å²) >= 11 is 0. The molecule has 1 aromatic rings. The molecule has 1 heterocycles. The van der Waals surface area contributed by atoms with Crippen molar-refractivity contribution in [3.8, 4) is 11.8 Å². The second-order valence-electron chi connectivity index (χ2n) is 6.24. The summed E-state index contributed by atoms with van der Waals surface area (Å²) < 4.78 is 0. The Morgan fingerprint density at radius 1 is 1.38 bits per heavy atom. The fourth-order valence-corrected chi connectivity index (χ4v) is 2.84. The van der Waals surface area contributed by atoms with Crippen LogP contribution in [0.5, 0.6) is 0 Å². The van der Waals surface area contributed by atoms with Crippen LogP contribution in [0.4, 0.5) is 0 Å². The summed E-state index contributed by atoms with van der Waals surface area (Å²) in [5.41, 5.74) is 2.51. The van der Waals surface area contributed by atoms with Crippen molar-refractivity contribution < 1.29 is 9.90 Å². The number of aliphatic hydroxyl groups excluding tert-OH is 1. The third kappa shape index (κ3) is 3.65. The van der Waals surface area contributed by atoms with Crippen molar-refractivity contribution in [3.05, 3.63) is 34.9 Å². The van der Waals surface area contributed by atoms with Gasteiger partial charge in [0, 0.05) is 29.6 Å². The van der Waals surface area contributed by atoms with Crippen molar-refractivity contribution in [2.75, 3.05) is 13.2 Å². The van der Waals surface area contributed by atoms with Gasteiger partial charge in [-0.25, -0.2) is 0 Å². The minimum absolute atomic E-state index is 0.0621. The molecule has 1 saturated heterocycles. The first-order chi connectivity index (χ1) is 9.94. The molecular formula is C18H23NO2. The van der Waals surface area contributed by atoms with Crippen molar-refractivity contribution in [1.82, 2.24) is 4.90 Å². The van der Waals surface area contributed by atoms with Crippen LogP contribution >= 0.6 is 0 Å². The Morgan fingerprint density at radius 2 is 2.14 bits per heavy atom. The average molecular weight is 285 g/mol. The van der Waals surface area contributed by atoms with Gasteiger partial charge in [0.25, 0.3) is 5.91 Å². The molecule has 0 saturated carbocycles. The molecule has 0 bridgehead atoms. The number of nitrogens with zero attached hydrogens (tertiary/aromatic N) is 1. The number of hydrogen-bond acceptors (Lipinski definition) is 2. The highest BCUT2D eigenvalue weighted by Gasteiger charge is 2.35. The first kappa shape index (κ1) is 15.6. The summed E-state index contributed by atoms with van der Waals surface area (Å²) in [6, 6.07) is 5.75. The number of rotatable bonds is 2. The van der Waals surface area contributed by atoms with E-state index in [0.717, 1.165) is 30.5 Å². The van der Waals surface area contributed by atoms with Crippen LogP contribution in [0.15, 0.2) is 18.2 Å². The number of benzene rings is 1. The smallest absolute Gasteiger partial charge is 0.254 e. The Hall–Kier alpha value is -1.79. The molecule has 0 aliphatic carbocycles. The van der Waals surface area contributed by atoms with E-state index in [-0.39, 0.29) is 18.1 Å². The highest BCUT2D eigenvalue weighted by Crippen LogP contribution is 2.30. The van der Waals surface area contributed by atoms with E-state index in [1.165, 1.54) is 0 Å². The lowest BCUT2D eigenvalue weighted by Gasteiger charge is -2.31. The van der Waals surface area contributed by atoms with Gasteiger partial charge in [0.1, 0.15) is 0 Å². The second-order valence-corrected chi connectivity index (χ2v) is 6.24. The summed E-state index contributed by atoms with van der Waals surface area (Å²) in [7, 11) is 0. The number of aryl methyl sites for hydroxylation is 1. The standard InChI is InChI=1S/C18H23NO2/c1-14-11-15(7-4-5-10-20)13-16(12-14)17(21)19-9-6-8-18(19,2)3/h11-13,20H,5-6,8-10H2,1-3H3. The van der Waals surface area contributed by atoms with Crippen molar-refractivity contribution in [2.24, 2.45) is 0 Å². The van der Waals surface area contributed by atoms with Gasteiger partial charge in [-0.3, -0.25) is 4.79 Å². The number of carbonyl (C=O) groups is 1. The first-order valence-corrected chi connectivity index (χ1v) is 7.47. The molecule has 0 aromatic heterocycles. The Labute approximate surface area is 127 Å². The van der Waals surface area contributed by atoms with Gasteiger partial charge in [-0.15, -0.1) is 0 Å². The molecule has 3 nitrogen and oxygen atoms in total. The predicted octanol–water partition coefficient (Wildman–Crippen LogP) is 2.74. The van der Waals surface area contributed by atoms with Crippen LogP contribution in [0.1, 0.15) is 54.6 Å². The SMILES string of the molecule is Cc1cc(C#CCCO)cc(C(=O)N2CCCC2(C)C)c1. The minimum atomic E-state index is -0.0659. The summed E-state index contributed by atoms with van der Waals surface area (Å²) in [6.45, 7) is 7.10. The third-order valence-corrected chi connectivity index (χ3v) is 3.94. The topological polar surface area (TPSA) is 40.5 Å². The second kappa shape index (κ2) is 6.32. The van der Waals surface area contributed by atoms with Crippen molar-refractivity contribution in [3.63, 3.8) is 0 Å². The fourth-order valence-electron chi connectivity index (χ4n) is 2.84. The quantitative estimate of drug-likeness (QED) is 0.849. The lowest BCUT2D eigenvalue weighted by Crippen LogP contribution is -2.42. The summed E-state index contributed by atoms with van der Waals surface area (Å²) in [6.07, 6.45) is 2.57. The van der Waals surface area contributed by atoms with Gasteiger partial charge in [-0.1, -0.05) is 11.8 Å². The molecule has 1 aliphatic heterocycles. The number of hydrogen-bond donors (Lipinski definition) is 1. The molecule has 0 spiro atoms. The highest BCUT2D eigenvalue weighted by molar-refractivity contribution is 5.95. The predicted molar refractivity (Wildman–Crippen MR) is 84.1 cm³/mol. The monoisotopic (exact) mass is 285 g/mol. The number of likely N-dealkylation sites (tertiary alicyclic amines) is 1. The molecule has 0 radical (unpaired) electrons. The molecule has 1 aliphatic rings. The normalized spacial score (nSPS) is 16.5. The van der Waals surface area contributed by atoms with Gasteiger partial charge in [0.2, 0.25) is 0 Å².